The van der Waals surface area contributed by atoms with E-state index in [1.807, 2.05) is 19.4 Å². The summed E-state index contributed by atoms with van der Waals surface area (Å²) in [6, 6.07) is 0. The summed E-state index contributed by atoms with van der Waals surface area (Å²) < 4.78 is 4.47. The molecule has 1 aliphatic carbocycles. The van der Waals surface area contributed by atoms with E-state index in [4.69, 9.17) is 10.7 Å². The summed E-state index contributed by atoms with van der Waals surface area (Å²) in [6.07, 6.45) is 10.6. The summed E-state index contributed by atoms with van der Waals surface area (Å²) in [5, 5.41) is 0. The Hall–Kier alpha value is -1.04. The van der Waals surface area contributed by atoms with Crippen molar-refractivity contribution in [3.05, 3.63) is 35.4 Å². The summed E-state index contributed by atoms with van der Waals surface area (Å²) in [5.41, 5.74) is 8.38. The number of imidazole rings is 2. The smallest absolute Gasteiger partial charge is 0.128 e. The van der Waals surface area contributed by atoms with E-state index in [1.54, 1.807) is 0 Å². The second kappa shape index (κ2) is 8.56. The number of aryl methyl sites for hydroxylation is 3. The molecule has 0 aliphatic heterocycles. The molecule has 0 saturated carbocycles. The first-order valence-corrected chi connectivity index (χ1v) is 7.53. The van der Waals surface area contributed by atoms with Crippen molar-refractivity contribution >= 4 is 24.8 Å². The van der Waals surface area contributed by atoms with Crippen molar-refractivity contribution in [2.75, 3.05) is 6.54 Å². The average Bonchev–Trinajstić information content (AvgIpc) is 3.02. The molecule has 0 radical (unpaired) electrons. The van der Waals surface area contributed by atoms with Crippen LogP contribution >= 0.6 is 24.8 Å². The van der Waals surface area contributed by atoms with E-state index in [1.165, 1.54) is 30.1 Å². The highest BCUT2D eigenvalue weighted by atomic mass is 35.5. The molecule has 0 unspecified atom stereocenters. The summed E-state index contributed by atoms with van der Waals surface area (Å²) in [4.78, 5) is 9.32. The third-order valence-corrected chi connectivity index (χ3v) is 4.14. The number of aromatic nitrogens is 4. The van der Waals surface area contributed by atoms with Gasteiger partial charge >= 0.3 is 0 Å². The molecule has 2 heterocycles. The van der Waals surface area contributed by atoms with Crippen molar-refractivity contribution in [3.63, 3.8) is 0 Å². The molecule has 2 N–H and O–H groups in total. The van der Waals surface area contributed by atoms with Gasteiger partial charge in [-0.2, -0.15) is 0 Å². The minimum Gasteiger partial charge on any atom is -0.337 e. The van der Waals surface area contributed by atoms with Crippen LogP contribution < -0.4 is 5.73 Å². The van der Waals surface area contributed by atoms with Gasteiger partial charge in [0.2, 0.25) is 0 Å². The van der Waals surface area contributed by atoms with E-state index < -0.39 is 0 Å². The Kier molecular flexibility index (Phi) is 7.39. The molecule has 7 heteroatoms. The van der Waals surface area contributed by atoms with E-state index in [-0.39, 0.29) is 24.8 Å². The minimum atomic E-state index is 0. The van der Waals surface area contributed by atoms with Crippen molar-refractivity contribution < 1.29 is 0 Å². The lowest BCUT2D eigenvalue weighted by molar-refractivity contribution is 0.594. The number of rotatable bonds is 5. The van der Waals surface area contributed by atoms with Gasteiger partial charge in [0, 0.05) is 31.6 Å². The molecular formula is C15H25Cl2N5. The van der Waals surface area contributed by atoms with Gasteiger partial charge in [0.05, 0.1) is 12.2 Å². The first-order chi connectivity index (χ1) is 9.79. The zero-order chi connectivity index (χ0) is 13.9. The quantitative estimate of drug-likeness (QED) is 0.904. The Morgan fingerprint density at radius 2 is 1.95 bits per heavy atom. The predicted molar refractivity (Wildman–Crippen MR) is 93.1 cm³/mol. The summed E-state index contributed by atoms with van der Waals surface area (Å²) in [7, 11) is 2.05. The molecule has 2 aromatic heterocycles. The Balaban J connectivity index is 0.00000121. The van der Waals surface area contributed by atoms with Crippen LogP contribution in [0.4, 0.5) is 0 Å². The molecule has 1 aliphatic rings. The van der Waals surface area contributed by atoms with Gasteiger partial charge in [0.1, 0.15) is 11.6 Å². The number of fused-ring (bicyclic) bond motifs is 1. The molecule has 3 rings (SSSR count). The van der Waals surface area contributed by atoms with Gasteiger partial charge in [-0.3, -0.25) is 0 Å². The second-order valence-electron chi connectivity index (χ2n) is 5.56. The van der Waals surface area contributed by atoms with Crippen LogP contribution in [-0.2, 0) is 32.9 Å². The molecule has 0 spiro atoms. The number of halogens is 2. The SMILES string of the molecule is Cl.Cl.Cn1ccnc1Cn1c(CCCN)nc2c1CCCC2. The van der Waals surface area contributed by atoms with Crippen LogP contribution in [0, 0.1) is 0 Å². The molecule has 22 heavy (non-hydrogen) atoms. The van der Waals surface area contributed by atoms with Crippen LogP contribution in [0.25, 0.3) is 0 Å². The Labute approximate surface area is 144 Å². The number of nitrogens with two attached hydrogens (primary N) is 1. The van der Waals surface area contributed by atoms with E-state index in [2.05, 4.69) is 14.1 Å². The largest absolute Gasteiger partial charge is 0.337 e. The van der Waals surface area contributed by atoms with Crippen LogP contribution in [-0.4, -0.2) is 25.6 Å². The lowest BCUT2D eigenvalue weighted by Gasteiger charge is -2.15. The highest BCUT2D eigenvalue weighted by molar-refractivity contribution is 5.85. The van der Waals surface area contributed by atoms with Crippen molar-refractivity contribution in [2.24, 2.45) is 12.8 Å². The van der Waals surface area contributed by atoms with E-state index in [0.717, 1.165) is 44.6 Å². The maximum atomic E-state index is 5.66. The van der Waals surface area contributed by atoms with Crippen molar-refractivity contribution in [1.82, 2.24) is 19.1 Å². The zero-order valence-electron chi connectivity index (χ0n) is 13.0. The van der Waals surface area contributed by atoms with Gasteiger partial charge in [-0.1, -0.05) is 0 Å². The Bertz CT molecular complexity index is 591. The van der Waals surface area contributed by atoms with Gasteiger partial charge < -0.3 is 14.9 Å². The fourth-order valence-electron chi connectivity index (χ4n) is 2.98. The van der Waals surface area contributed by atoms with Gasteiger partial charge in [-0.25, -0.2) is 9.97 Å². The zero-order valence-corrected chi connectivity index (χ0v) is 14.6. The van der Waals surface area contributed by atoms with E-state index in [9.17, 15) is 0 Å². The topological polar surface area (TPSA) is 61.7 Å². The molecule has 0 aromatic carbocycles. The van der Waals surface area contributed by atoms with Crippen LogP contribution in [0.3, 0.4) is 0 Å². The third kappa shape index (κ3) is 3.83. The highest BCUT2D eigenvalue weighted by Gasteiger charge is 2.20. The van der Waals surface area contributed by atoms with Crippen LogP contribution in [0.15, 0.2) is 12.4 Å². The van der Waals surface area contributed by atoms with Crippen LogP contribution in [0.2, 0.25) is 0 Å². The second-order valence-corrected chi connectivity index (χ2v) is 5.56. The van der Waals surface area contributed by atoms with Gasteiger partial charge in [0.15, 0.2) is 0 Å². The van der Waals surface area contributed by atoms with Crippen molar-refractivity contribution in [2.45, 2.75) is 45.1 Å². The maximum Gasteiger partial charge on any atom is 0.128 e. The van der Waals surface area contributed by atoms with E-state index in [0.29, 0.717) is 0 Å². The minimum absolute atomic E-state index is 0. The predicted octanol–water partition coefficient (Wildman–Crippen LogP) is 2.28. The molecule has 2 aromatic rings. The van der Waals surface area contributed by atoms with Gasteiger partial charge in [0.25, 0.3) is 0 Å². The van der Waals surface area contributed by atoms with Gasteiger partial charge in [-0.05, 0) is 38.6 Å². The summed E-state index contributed by atoms with van der Waals surface area (Å²) in [6.45, 7) is 1.55. The number of hydrogen-bond donors (Lipinski definition) is 1. The normalized spacial score (nSPS) is 13.2. The lowest BCUT2D eigenvalue weighted by Crippen LogP contribution is -2.14. The number of hydrogen-bond acceptors (Lipinski definition) is 3. The molecule has 0 bridgehead atoms. The summed E-state index contributed by atoms with van der Waals surface area (Å²) in [5.74, 6) is 2.27. The first-order valence-electron chi connectivity index (χ1n) is 7.53. The molecular weight excluding hydrogens is 321 g/mol. The Morgan fingerprint density at radius 1 is 1.18 bits per heavy atom. The Morgan fingerprint density at radius 3 is 2.64 bits per heavy atom. The molecule has 0 amide bonds. The average molecular weight is 346 g/mol. The maximum absolute atomic E-state index is 5.66. The van der Waals surface area contributed by atoms with Crippen molar-refractivity contribution in [1.29, 1.82) is 0 Å². The molecule has 0 atom stereocenters. The number of nitrogens with zero attached hydrogens (tertiary/aromatic N) is 4. The van der Waals surface area contributed by atoms with Crippen LogP contribution in [0.5, 0.6) is 0 Å². The highest BCUT2D eigenvalue weighted by Crippen LogP contribution is 2.23. The fraction of sp³-hybridized carbons (Fsp3) is 0.600. The van der Waals surface area contributed by atoms with Crippen LogP contribution in [0.1, 0.15) is 42.3 Å². The van der Waals surface area contributed by atoms with E-state index >= 15 is 0 Å². The standard InChI is InChI=1S/C15H23N5.2ClH/c1-19-10-9-17-15(19)11-20-13-6-3-2-5-12(13)18-14(20)7-4-8-16;;/h9-10H,2-8,11,16H2,1H3;2*1H. The summed E-state index contributed by atoms with van der Waals surface area (Å²) >= 11 is 0. The molecule has 124 valence electrons. The van der Waals surface area contributed by atoms with Crippen molar-refractivity contribution in [3.8, 4) is 0 Å². The first kappa shape index (κ1) is 19.0. The fourth-order valence-corrected chi connectivity index (χ4v) is 2.98. The molecule has 0 fully saturated rings. The lowest BCUT2D eigenvalue weighted by atomic mass is 10.0. The molecule has 5 nitrogen and oxygen atoms in total. The molecule has 0 saturated heterocycles. The van der Waals surface area contributed by atoms with Gasteiger partial charge in [-0.15, -0.1) is 24.8 Å². The third-order valence-electron chi connectivity index (χ3n) is 4.14. The monoisotopic (exact) mass is 345 g/mol.